The second-order valence-corrected chi connectivity index (χ2v) is 6.61. The van der Waals surface area contributed by atoms with Crippen molar-refractivity contribution in [2.75, 3.05) is 12.4 Å². The van der Waals surface area contributed by atoms with Crippen molar-refractivity contribution < 1.29 is 9.53 Å². The summed E-state index contributed by atoms with van der Waals surface area (Å²) in [7, 11) is 1.66. The van der Waals surface area contributed by atoms with Gasteiger partial charge < -0.3 is 10.1 Å². The van der Waals surface area contributed by atoms with Gasteiger partial charge in [-0.2, -0.15) is 0 Å². The molecule has 0 fully saturated rings. The summed E-state index contributed by atoms with van der Waals surface area (Å²) in [5.41, 5.74) is 3.06. The average Bonchev–Trinajstić information content (AvgIpc) is 2.50. The number of anilines is 1. The molecule has 116 valence electrons. The Hall–Kier alpha value is -1.78. The minimum Gasteiger partial charge on any atom is -0.380 e. The number of carbonyl (C=O) groups excluding carboxylic acids is 1. The lowest BCUT2D eigenvalue weighted by Gasteiger charge is -2.13. The summed E-state index contributed by atoms with van der Waals surface area (Å²) in [6.45, 7) is 4.51. The van der Waals surface area contributed by atoms with E-state index in [2.05, 4.69) is 24.4 Å². The molecule has 1 N–H and O–H groups in total. The van der Waals surface area contributed by atoms with Crippen LogP contribution < -0.4 is 5.32 Å². The van der Waals surface area contributed by atoms with Crippen molar-refractivity contribution in [3.63, 3.8) is 0 Å². The molecule has 0 saturated carbocycles. The van der Waals surface area contributed by atoms with Crippen LogP contribution in [0.15, 0.2) is 53.4 Å². The number of hydrogen-bond donors (Lipinski definition) is 1. The quantitative estimate of drug-likeness (QED) is 0.809. The molecule has 0 aliphatic carbocycles. The van der Waals surface area contributed by atoms with Crippen molar-refractivity contribution in [2.24, 2.45) is 0 Å². The fraction of sp³-hybridized carbons (Fsp3) is 0.278. The summed E-state index contributed by atoms with van der Waals surface area (Å²) < 4.78 is 5.11. The molecule has 0 aliphatic rings. The number of amides is 1. The van der Waals surface area contributed by atoms with E-state index in [9.17, 15) is 4.79 Å². The lowest BCUT2D eigenvalue weighted by Crippen LogP contribution is -2.22. The molecule has 0 spiro atoms. The van der Waals surface area contributed by atoms with Gasteiger partial charge in [0.1, 0.15) is 0 Å². The van der Waals surface area contributed by atoms with E-state index in [1.165, 1.54) is 5.56 Å². The van der Waals surface area contributed by atoms with Crippen molar-refractivity contribution in [2.45, 2.75) is 30.6 Å². The molecule has 0 heterocycles. The molecule has 0 bridgehead atoms. The predicted octanol–water partition coefficient (Wildman–Crippen LogP) is 4.26. The topological polar surface area (TPSA) is 38.3 Å². The van der Waals surface area contributed by atoms with Crippen LogP contribution in [0, 0.1) is 6.92 Å². The van der Waals surface area contributed by atoms with Crippen molar-refractivity contribution in [1.82, 2.24) is 0 Å². The van der Waals surface area contributed by atoms with Crippen molar-refractivity contribution in [3.05, 3.63) is 59.7 Å². The third kappa shape index (κ3) is 4.90. The van der Waals surface area contributed by atoms with Gasteiger partial charge in [-0.05, 0) is 43.7 Å². The molecular weight excluding hydrogens is 294 g/mol. The van der Waals surface area contributed by atoms with Gasteiger partial charge in [0.05, 0.1) is 11.9 Å². The zero-order chi connectivity index (χ0) is 15.9. The minimum atomic E-state index is -0.159. The largest absolute Gasteiger partial charge is 0.380 e. The summed E-state index contributed by atoms with van der Waals surface area (Å²) in [6, 6.07) is 15.9. The molecule has 4 heteroatoms. The van der Waals surface area contributed by atoms with Gasteiger partial charge in [0.2, 0.25) is 5.91 Å². The van der Waals surface area contributed by atoms with Crippen LogP contribution in [0.2, 0.25) is 0 Å². The molecule has 3 nitrogen and oxygen atoms in total. The Morgan fingerprint density at radius 3 is 2.64 bits per heavy atom. The standard InChI is InChI=1S/C18H21NO2S/c1-13-7-9-17(10-8-13)22-14(2)18(20)19-16-6-4-5-15(11-16)12-21-3/h4-11,14H,12H2,1-3H3,(H,19,20)/t14-/m1/s1. The second-order valence-electron chi connectivity index (χ2n) is 5.20. The predicted molar refractivity (Wildman–Crippen MR) is 92.3 cm³/mol. The number of nitrogens with one attached hydrogen (secondary N) is 1. The monoisotopic (exact) mass is 315 g/mol. The SMILES string of the molecule is COCc1cccc(NC(=O)[C@@H](C)Sc2ccc(C)cc2)c1. The van der Waals surface area contributed by atoms with E-state index in [1.807, 2.05) is 43.3 Å². The lowest BCUT2D eigenvalue weighted by molar-refractivity contribution is -0.115. The summed E-state index contributed by atoms with van der Waals surface area (Å²) >= 11 is 1.56. The van der Waals surface area contributed by atoms with Crippen LogP contribution in [0.5, 0.6) is 0 Å². The highest BCUT2D eigenvalue weighted by Crippen LogP contribution is 2.24. The number of hydrogen-bond acceptors (Lipinski definition) is 3. The van der Waals surface area contributed by atoms with Gasteiger partial charge in [-0.25, -0.2) is 0 Å². The molecule has 0 unspecified atom stereocenters. The zero-order valence-electron chi connectivity index (χ0n) is 13.1. The first-order valence-corrected chi connectivity index (χ1v) is 8.08. The van der Waals surface area contributed by atoms with Gasteiger partial charge >= 0.3 is 0 Å². The number of benzene rings is 2. The molecule has 1 amide bonds. The van der Waals surface area contributed by atoms with Crippen LogP contribution in [0.1, 0.15) is 18.1 Å². The van der Waals surface area contributed by atoms with E-state index in [0.717, 1.165) is 16.1 Å². The van der Waals surface area contributed by atoms with Crippen LogP contribution in [0.25, 0.3) is 0 Å². The number of aryl methyl sites for hydroxylation is 1. The highest BCUT2D eigenvalue weighted by Gasteiger charge is 2.14. The van der Waals surface area contributed by atoms with Gasteiger partial charge in [0.15, 0.2) is 0 Å². The molecule has 0 aromatic heterocycles. The van der Waals surface area contributed by atoms with E-state index in [0.29, 0.717) is 6.61 Å². The molecule has 0 radical (unpaired) electrons. The van der Waals surface area contributed by atoms with E-state index < -0.39 is 0 Å². The maximum absolute atomic E-state index is 12.3. The first-order valence-electron chi connectivity index (χ1n) is 7.20. The second kappa shape index (κ2) is 8.01. The smallest absolute Gasteiger partial charge is 0.237 e. The van der Waals surface area contributed by atoms with Gasteiger partial charge in [-0.1, -0.05) is 29.8 Å². The Labute approximate surface area is 136 Å². The number of rotatable bonds is 6. The van der Waals surface area contributed by atoms with E-state index >= 15 is 0 Å². The molecule has 0 aliphatic heterocycles. The van der Waals surface area contributed by atoms with Gasteiger partial charge in [-0.3, -0.25) is 4.79 Å². The zero-order valence-corrected chi connectivity index (χ0v) is 13.9. The molecular formula is C18H21NO2S. The summed E-state index contributed by atoms with van der Waals surface area (Å²) in [4.78, 5) is 13.4. The van der Waals surface area contributed by atoms with Crippen LogP contribution in [0.4, 0.5) is 5.69 Å². The Kier molecular flexibility index (Phi) is 6.04. The number of carbonyl (C=O) groups is 1. The molecule has 2 aromatic carbocycles. The van der Waals surface area contributed by atoms with Crippen LogP contribution in [0.3, 0.4) is 0 Å². The first kappa shape index (κ1) is 16.6. The van der Waals surface area contributed by atoms with Crippen molar-refractivity contribution in [3.8, 4) is 0 Å². The minimum absolute atomic E-state index is 0.000131. The van der Waals surface area contributed by atoms with E-state index in [4.69, 9.17) is 4.74 Å². The van der Waals surface area contributed by atoms with Crippen LogP contribution in [-0.2, 0) is 16.1 Å². The third-order valence-electron chi connectivity index (χ3n) is 3.21. The fourth-order valence-corrected chi connectivity index (χ4v) is 2.89. The average molecular weight is 315 g/mol. The number of ether oxygens (including phenoxy) is 1. The maximum Gasteiger partial charge on any atom is 0.237 e. The highest BCUT2D eigenvalue weighted by atomic mass is 32.2. The van der Waals surface area contributed by atoms with Crippen LogP contribution >= 0.6 is 11.8 Å². The highest BCUT2D eigenvalue weighted by molar-refractivity contribution is 8.00. The first-order chi connectivity index (χ1) is 10.6. The van der Waals surface area contributed by atoms with Crippen molar-refractivity contribution in [1.29, 1.82) is 0 Å². The van der Waals surface area contributed by atoms with Gasteiger partial charge in [0.25, 0.3) is 0 Å². The molecule has 2 rings (SSSR count). The number of methoxy groups -OCH3 is 1. The third-order valence-corrected chi connectivity index (χ3v) is 4.32. The van der Waals surface area contributed by atoms with Gasteiger partial charge in [-0.15, -0.1) is 11.8 Å². The van der Waals surface area contributed by atoms with E-state index in [1.54, 1.807) is 18.9 Å². The lowest BCUT2D eigenvalue weighted by atomic mass is 10.2. The Bertz CT molecular complexity index is 625. The Morgan fingerprint density at radius 2 is 1.95 bits per heavy atom. The molecule has 0 saturated heterocycles. The van der Waals surface area contributed by atoms with E-state index in [-0.39, 0.29) is 11.2 Å². The summed E-state index contributed by atoms with van der Waals surface area (Å²) in [6.07, 6.45) is 0. The molecule has 22 heavy (non-hydrogen) atoms. The summed E-state index contributed by atoms with van der Waals surface area (Å²) in [5.74, 6) is 0.000131. The van der Waals surface area contributed by atoms with Gasteiger partial charge in [0, 0.05) is 17.7 Å². The molecule has 2 aromatic rings. The summed E-state index contributed by atoms with van der Waals surface area (Å²) in [5, 5.41) is 2.80. The maximum atomic E-state index is 12.3. The Morgan fingerprint density at radius 1 is 1.23 bits per heavy atom. The Balaban J connectivity index is 1.96. The normalized spacial score (nSPS) is 12.0. The van der Waals surface area contributed by atoms with Crippen LogP contribution in [-0.4, -0.2) is 18.3 Å². The van der Waals surface area contributed by atoms with Crippen molar-refractivity contribution >= 4 is 23.4 Å². The number of thioether (sulfide) groups is 1. The molecule has 1 atom stereocenters. The fourth-order valence-electron chi connectivity index (χ4n) is 2.02.